The summed E-state index contributed by atoms with van der Waals surface area (Å²) in [7, 11) is 2.18. The van der Waals surface area contributed by atoms with Gasteiger partial charge in [0.15, 0.2) is 5.65 Å². The average Bonchev–Trinajstić information content (AvgIpc) is 3.32. The van der Waals surface area contributed by atoms with E-state index in [4.69, 9.17) is 14.4 Å². The topological polar surface area (TPSA) is 75.6 Å². The van der Waals surface area contributed by atoms with Gasteiger partial charge in [0.2, 0.25) is 5.89 Å². The largest absolute Gasteiger partial charge is 0.421 e. The Morgan fingerprint density at radius 3 is 2.68 bits per heavy atom. The second-order valence-corrected chi connectivity index (χ2v) is 8.17. The van der Waals surface area contributed by atoms with Gasteiger partial charge in [-0.1, -0.05) is 12.1 Å². The number of para-hydroxylation sites is 2. The maximum absolute atomic E-state index is 5.76. The van der Waals surface area contributed by atoms with Crippen LogP contribution in [-0.2, 0) is 0 Å². The molecule has 0 saturated carbocycles. The number of likely N-dealkylation sites (N-methyl/N-ethyl adjacent to an activating group) is 1. The van der Waals surface area contributed by atoms with Crippen LogP contribution in [0, 0.1) is 6.92 Å². The molecule has 0 aliphatic carbocycles. The van der Waals surface area contributed by atoms with Crippen LogP contribution in [0.2, 0.25) is 0 Å². The summed E-state index contributed by atoms with van der Waals surface area (Å²) in [5, 5.41) is 9.27. The Morgan fingerprint density at radius 2 is 1.81 bits per heavy atom. The normalized spacial score (nSPS) is 15.9. The molecule has 0 radical (unpaired) electrons. The first-order chi connectivity index (χ1) is 15.2. The summed E-state index contributed by atoms with van der Waals surface area (Å²) >= 11 is 0. The van der Waals surface area contributed by atoms with Gasteiger partial charge in [-0.25, -0.2) is 9.97 Å². The number of rotatable bonds is 2. The second-order valence-electron chi connectivity index (χ2n) is 8.17. The van der Waals surface area contributed by atoms with Crippen molar-refractivity contribution in [3.05, 3.63) is 48.4 Å². The van der Waals surface area contributed by atoms with Crippen molar-refractivity contribution in [1.29, 1.82) is 0 Å². The van der Waals surface area contributed by atoms with Gasteiger partial charge in [-0.2, -0.15) is 0 Å². The molecule has 31 heavy (non-hydrogen) atoms. The molecule has 0 amide bonds. The standard InChI is InChI=1S/C23H23N7O/c1-15-26-27-23(31-15)17-14-16-8-9-20(29-11-5-10-28(2)12-13-29)25-21(16)30-19-7-4-3-6-18(19)24-22(17)30/h3-4,6-9,14H,5,10-13H2,1-2H3. The van der Waals surface area contributed by atoms with E-state index in [9.17, 15) is 0 Å². The lowest BCUT2D eigenvalue weighted by Gasteiger charge is -2.22. The average molecular weight is 413 g/mol. The minimum Gasteiger partial charge on any atom is -0.421 e. The van der Waals surface area contributed by atoms with Gasteiger partial charge >= 0.3 is 0 Å². The summed E-state index contributed by atoms with van der Waals surface area (Å²) in [5.41, 5.74) is 4.41. The molecule has 0 atom stereocenters. The molecule has 0 unspecified atom stereocenters. The van der Waals surface area contributed by atoms with Crippen molar-refractivity contribution in [2.45, 2.75) is 13.3 Å². The van der Waals surface area contributed by atoms with Gasteiger partial charge in [0.25, 0.3) is 5.89 Å². The number of hydrogen-bond donors (Lipinski definition) is 0. The van der Waals surface area contributed by atoms with E-state index in [1.165, 1.54) is 0 Å². The molecular formula is C23H23N7O. The first-order valence-electron chi connectivity index (χ1n) is 10.6. The Balaban J connectivity index is 1.61. The highest BCUT2D eigenvalue weighted by molar-refractivity contribution is 5.95. The lowest BCUT2D eigenvalue weighted by molar-refractivity contribution is 0.360. The van der Waals surface area contributed by atoms with Crippen LogP contribution >= 0.6 is 0 Å². The number of nitrogens with zero attached hydrogens (tertiary/aromatic N) is 7. The fraction of sp³-hybridized carbons (Fsp3) is 0.304. The molecule has 8 nitrogen and oxygen atoms in total. The van der Waals surface area contributed by atoms with Gasteiger partial charge in [-0.15, -0.1) is 10.2 Å². The maximum atomic E-state index is 5.76. The number of benzene rings is 1. The number of hydrogen-bond acceptors (Lipinski definition) is 7. The first kappa shape index (κ1) is 18.3. The molecule has 1 saturated heterocycles. The van der Waals surface area contributed by atoms with Crippen molar-refractivity contribution >= 4 is 33.5 Å². The lowest BCUT2D eigenvalue weighted by atomic mass is 10.2. The summed E-state index contributed by atoms with van der Waals surface area (Å²) in [6, 6.07) is 14.4. The molecule has 0 N–H and O–H groups in total. The zero-order valence-electron chi connectivity index (χ0n) is 17.6. The van der Waals surface area contributed by atoms with Crippen molar-refractivity contribution in [2.75, 3.05) is 38.1 Å². The van der Waals surface area contributed by atoms with E-state index >= 15 is 0 Å². The molecule has 8 heteroatoms. The van der Waals surface area contributed by atoms with Gasteiger partial charge < -0.3 is 14.2 Å². The fourth-order valence-electron chi connectivity index (χ4n) is 4.40. The summed E-state index contributed by atoms with van der Waals surface area (Å²) < 4.78 is 7.87. The molecule has 0 bridgehead atoms. The summed E-state index contributed by atoms with van der Waals surface area (Å²) in [4.78, 5) is 14.8. The molecule has 0 spiro atoms. The predicted molar refractivity (Wildman–Crippen MR) is 120 cm³/mol. The van der Waals surface area contributed by atoms with Crippen LogP contribution in [0.5, 0.6) is 0 Å². The zero-order valence-corrected chi connectivity index (χ0v) is 17.6. The predicted octanol–water partition coefficient (Wildman–Crippen LogP) is 3.54. The van der Waals surface area contributed by atoms with E-state index in [0.717, 1.165) is 71.7 Å². The van der Waals surface area contributed by atoms with Crippen molar-refractivity contribution < 1.29 is 4.42 Å². The van der Waals surface area contributed by atoms with Gasteiger partial charge in [-0.05, 0) is 50.3 Å². The minimum atomic E-state index is 0.472. The molecule has 1 aliphatic rings. The smallest absolute Gasteiger partial charge is 0.251 e. The quantitative estimate of drug-likeness (QED) is 0.438. The Labute approximate surface area is 179 Å². The van der Waals surface area contributed by atoms with Crippen LogP contribution in [0.25, 0.3) is 39.2 Å². The zero-order chi connectivity index (χ0) is 20.9. The number of pyridine rings is 2. The molecule has 156 valence electrons. The molecule has 1 aliphatic heterocycles. The maximum Gasteiger partial charge on any atom is 0.251 e. The Morgan fingerprint density at radius 1 is 0.903 bits per heavy atom. The van der Waals surface area contributed by atoms with Crippen LogP contribution in [-0.4, -0.2) is 62.7 Å². The molecule has 4 aromatic heterocycles. The van der Waals surface area contributed by atoms with Gasteiger partial charge in [0, 0.05) is 31.9 Å². The lowest BCUT2D eigenvalue weighted by Crippen LogP contribution is -2.29. The molecule has 5 heterocycles. The van der Waals surface area contributed by atoms with Crippen molar-refractivity contribution in [2.24, 2.45) is 0 Å². The summed E-state index contributed by atoms with van der Waals surface area (Å²) in [6.45, 7) is 5.94. The van der Waals surface area contributed by atoms with E-state index in [2.05, 4.69) is 55.7 Å². The molecular weight excluding hydrogens is 390 g/mol. The SMILES string of the molecule is Cc1nnc(-c2cc3ccc(N4CCCN(C)CC4)nc3n3c2nc2ccccc23)o1. The van der Waals surface area contributed by atoms with E-state index < -0.39 is 0 Å². The third-order valence-corrected chi connectivity index (χ3v) is 6.00. The van der Waals surface area contributed by atoms with Crippen molar-refractivity contribution in [3.8, 4) is 11.5 Å². The number of fused-ring (bicyclic) bond motifs is 5. The van der Waals surface area contributed by atoms with Gasteiger partial charge in [0.1, 0.15) is 11.5 Å². The molecule has 5 aromatic rings. The van der Waals surface area contributed by atoms with Gasteiger partial charge in [-0.3, -0.25) is 4.40 Å². The van der Waals surface area contributed by atoms with Crippen LogP contribution in [0.3, 0.4) is 0 Å². The van der Waals surface area contributed by atoms with E-state index in [0.29, 0.717) is 11.8 Å². The third-order valence-electron chi connectivity index (χ3n) is 6.00. The Hall–Kier alpha value is -3.52. The van der Waals surface area contributed by atoms with Crippen LogP contribution in [0.1, 0.15) is 12.3 Å². The number of imidazole rings is 1. The van der Waals surface area contributed by atoms with E-state index in [1.54, 1.807) is 6.92 Å². The summed E-state index contributed by atoms with van der Waals surface area (Å²) in [6.07, 6.45) is 1.13. The van der Waals surface area contributed by atoms with E-state index in [1.807, 2.05) is 18.2 Å². The highest BCUT2D eigenvalue weighted by Crippen LogP contribution is 2.32. The minimum absolute atomic E-state index is 0.472. The highest BCUT2D eigenvalue weighted by Gasteiger charge is 2.20. The van der Waals surface area contributed by atoms with Crippen molar-refractivity contribution in [1.82, 2.24) is 29.5 Å². The Kier molecular flexibility index (Phi) is 4.14. The molecule has 1 fully saturated rings. The number of anilines is 1. The number of aryl methyl sites for hydroxylation is 1. The van der Waals surface area contributed by atoms with Crippen molar-refractivity contribution in [3.63, 3.8) is 0 Å². The van der Waals surface area contributed by atoms with Crippen LogP contribution < -0.4 is 4.90 Å². The third kappa shape index (κ3) is 3.02. The fourth-order valence-corrected chi connectivity index (χ4v) is 4.40. The van der Waals surface area contributed by atoms with Crippen LogP contribution in [0.15, 0.2) is 46.9 Å². The monoisotopic (exact) mass is 413 g/mol. The highest BCUT2D eigenvalue weighted by atomic mass is 16.4. The second kappa shape index (κ2) is 7.02. The van der Waals surface area contributed by atoms with E-state index in [-0.39, 0.29) is 0 Å². The Bertz CT molecular complexity index is 1420. The molecule has 1 aromatic carbocycles. The molecule has 6 rings (SSSR count). The summed E-state index contributed by atoms with van der Waals surface area (Å²) in [5.74, 6) is 2.01. The number of aromatic nitrogens is 5. The van der Waals surface area contributed by atoms with Gasteiger partial charge in [0.05, 0.1) is 16.6 Å². The first-order valence-corrected chi connectivity index (χ1v) is 10.6. The van der Waals surface area contributed by atoms with Crippen LogP contribution in [0.4, 0.5) is 5.82 Å².